The summed E-state index contributed by atoms with van der Waals surface area (Å²) in [4.78, 5) is 18.5. The minimum absolute atomic E-state index is 0.0941. The zero-order chi connectivity index (χ0) is 11.8. The van der Waals surface area contributed by atoms with Crippen LogP contribution in [0.5, 0.6) is 0 Å². The lowest BCUT2D eigenvalue weighted by molar-refractivity contribution is 0.948. The highest BCUT2D eigenvalue weighted by molar-refractivity contribution is 5.92. The van der Waals surface area contributed by atoms with Crippen molar-refractivity contribution in [2.24, 2.45) is 7.05 Å². The lowest BCUT2D eigenvalue weighted by Crippen LogP contribution is -2.03. The van der Waals surface area contributed by atoms with E-state index in [1.54, 1.807) is 12.3 Å². The van der Waals surface area contributed by atoms with Gasteiger partial charge in [0.2, 0.25) is 5.56 Å². The van der Waals surface area contributed by atoms with Crippen LogP contribution in [0.2, 0.25) is 0 Å². The fourth-order valence-electron chi connectivity index (χ4n) is 2.00. The van der Waals surface area contributed by atoms with Crippen LogP contribution in [0.4, 0.5) is 0 Å². The van der Waals surface area contributed by atoms with Crippen LogP contribution in [0.15, 0.2) is 47.5 Å². The molecule has 0 aliphatic rings. The normalized spacial score (nSPS) is 10.9. The molecule has 3 rings (SSSR count). The summed E-state index contributed by atoms with van der Waals surface area (Å²) in [6, 6.07) is 9.07. The van der Waals surface area contributed by atoms with Crippen molar-refractivity contribution in [2.45, 2.75) is 0 Å². The molecule has 0 saturated heterocycles. The van der Waals surface area contributed by atoms with E-state index in [0.717, 1.165) is 22.3 Å². The van der Waals surface area contributed by atoms with Crippen molar-refractivity contribution in [3.05, 3.63) is 53.1 Å². The maximum atomic E-state index is 11.3. The molecule has 1 N–H and O–H groups in total. The average molecular weight is 225 g/mol. The van der Waals surface area contributed by atoms with E-state index in [4.69, 9.17) is 0 Å². The summed E-state index contributed by atoms with van der Waals surface area (Å²) in [6.07, 6.45) is 3.71. The van der Waals surface area contributed by atoms with Crippen LogP contribution in [0, 0.1) is 0 Å². The first kappa shape index (κ1) is 9.84. The summed E-state index contributed by atoms with van der Waals surface area (Å²) in [5.41, 5.74) is 2.62. The number of fused-ring (bicyclic) bond motifs is 1. The molecule has 0 aliphatic heterocycles. The topological polar surface area (TPSA) is 50.7 Å². The minimum atomic E-state index is -0.0941. The molecule has 0 radical (unpaired) electrons. The standard InChI is InChI=1S/C13H11N3O/c1-16-8-6-10-9(5-7-14-13(10)16)11-3-2-4-12(17)15-11/h2-8H,1H3,(H,15,17). The van der Waals surface area contributed by atoms with Crippen LogP contribution in [0.25, 0.3) is 22.3 Å². The molecule has 4 nitrogen and oxygen atoms in total. The Bertz CT molecular complexity index is 740. The van der Waals surface area contributed by atoms with Crippen LogP contribution < -0.4 is 5.56 Å². The van der Waals surface area contributed by atoms with Gasteiger partial charge in [-0.05, 0) is 18.2 Å². The van der Waals surface area contributed by atoms with Gasteiger partial charge in [0, 0.05) is 42.2 Å². The van der Waals surface area contributed by atoms with Crippen LogP contribution in [0.3, 0.4) is 0 Å². The predicted molar refractivity (Wildman–Crippen MR) is 66.8 cm³/mol. The number of H-pyrrole nitrogens is 1. The second-order valence-corrected chi connectivity index (χ2v) is 3.95. The predicted octanol–water partition coefficient (Wildman–Crippen LogP) is 1.93. The minimum Gasteiger partial charge on any atom is -0.336 e. The van der Waals surface area contributed by atoms with Crippen LogP contribution in [-0.2, 0) is 7.05 Å². The van der Waals surface area contributed by atoms with Gasteiger partial charge in [0.05, 0.1) is 0 Å². The third-order valence-corrected chi connectivity index (χ3v) is 2.83. The van der Waals surface area contributed by atoms with Gasteiger partial charge in [-0.1, -0.05) is 6.07 Å². The zero-order valence-corrected chi connectivity index (χ0v) is 9.34. The van der Waals surface area contributed by atoms with Crippen LogP contribution in [0.1, 0.15) is 0 Å². The maximum Gasteiger partial charge on any atom is 0.248 e. The van der Waals surface area contributed by atoms with Crippen molar-refractivity contribution in [1.29, 1.82) is 0 Å². The Balaban J connectivity index is 2.34. The van der Waals surface area contributed by atoms with Gasteiger partial charge in [-0.2, -0.15) is 0 Å². The number of hydrogen-bond donors (Lipinski definition) is 1. The monoisotopic (exact) mass is 225 g/mol. The van der Waals surface area contributed by atoms with Crippen molar-refractivity contribution in [1.82, 2.24) is 14.5 Å². The highest BCUT2D eigenvalue weighted by Crippen LogP contribution is 2.25. The molecule has 3 aromatic heterocycles. The molecular weight excluding hydrogens is 214 g/mol. The first-order valence-electron chi connectivity index (χ1n) is 5.35. The second-order valence-electron chi connectivity index (χ2n) is 3.95. The summed E-state index contributed by atoms with van der Waals surface area (Å²) in [5, 5.41) is 1.04. The molecule has 0 atom stereocenters. The van der Waals surface area contributed by atoms with Crippen molar-refractivity contribution in [3.8, 4) is 11.3 Å². The SMILES string of the molecule is Cn1ccc2c(-c3cccc(=O)[nH]3)ccnc21. The first-order chi connectivity index (χ1) is 8.25. The molecule has 0 bridgehead atoms. The highest BCUT2D eigenvalue weighted by atomic mass is 16.1. The highest BCUT2D eigenvalue weighted by Gasteiger charge is 2.07. The van der Waals surface area contributed by atoms with E-state index in [2.05, 4.69) is 9.97 Å². The lowest BCUT2D eigenvalue weighted by atomic mass is 10.1. The van der Waals surface area contributed by atoms with Gasteiger partial charge in [0.1, 0.15) is 5.65 Å². The van der Waals surface area contributed by atoms with E-state index >= 15 is 0 Å². The second kappa shape index (κ2) is 3.59. The Labute approximate surface area is 97.6 Å². The average Bonchev–Trinajstić information content (AvgIpc) is 2.71. The van der Waals surface area contributed by atoms with E-state index in [-0.39, 0.29) is 5.56 Å². The summed E-state index contributed by atoms with van der Waals surface area (Å²) >= 11 is 0. The van der Waals surface area contributed by atoms with Gasteiger partial charge in [-0.15, -0.1) is 0 Å². The van der Waals surface area contributed by atoms with Gasteiger partial charge in [0.25, 0.3) is 0 Å². The molecule has 0 spiro atoms. The molecule has 3 aromatic rings. The van der Waals surface area contributed by atoms with Gasteiger partial charge in [0.15, 0.2) is 0 Å². The van der Waals surface area contributed by atoms with E-state index in [1.165, 1.54) is 6.07 Å². The zero-order valence-electron chi connectivity index (χ0n) is 9.34. The van der Waals surface area contributed by atoms with Crippen molar-refractivity contribution >= 4 is 11.0 Å². The molecule has 0 saturated carbocycles. The molecule has 4 heteroatoms. The quantitative estimate of drug-likeness (QED) is 0.688. The van der Waals surface area contributed by atoms with Crippen LogP contribution in [-0.4, -0.2) is 14.5 Å². The molecule has 0 amide bonds. The van der Waals surface area contributed by atoms with Gasteiger partial charge in [-0.3, -0.25) is 4.79 Å². The molecule has 3 heterocycles. The Hall–Kier alpha value is -2.36. The van der Waals surface area contributed by atoms with Crippen LogP contribution >= 0.6 is 0 Å². The lowest BCUT2D eigenvalue weighted by Gasteiger charge is -2.03. The fraction of sp³-hybridized carbons (Fsp3) is 0.0769. The number of aromatic nitrogens is 3. The molecule has 0 aliphatic carbocycles. The van der Waals surface area contributed by atoms with E-state index < -0.39 is 0 Å². The van der Waals surface area contributed by atoms with Gasteiger partial charge >= 0.3 is 0 Å². The van der Waals surface area contributed by atoms with E-state index in [0.29, 0.717) is 0 Å². The number of aryl methyl sites for hydroxylation is 1. The summed E-state index contributed by atoms with van der Waals surface area (Å²) < 4.78 is 1.96. The number of aromatic amines is 1. The van der Waals surface area contributed by atoms with Gasteiger partial charge < -0.3 is 9.55 Å². The molecule has 84 valence electrons. The fourth-order valence-corrected chi connectivity index (χ4v) is 2.00. The molecule has 0 fully saturated rings. The third kappa shape index (κ3) is 1.54. The third-order valence-electron chi connectivity index (χ3n) is 2.83. The summed E-state index contributed by atoms with van der Waals surface area (Å²) in [6.45, 7) is 0. The number of rotatable bonds is 1. The Morgan fingerprint density at radius 2 is 2.12 bits per heavy atom. The van der Waals surface area contributed by atoms with Gasteiger partial charge in [-0.25, -0.2) is 4.98 Å². The number of nitrogens with one attached hydrogen (secondary N) is 1. The molecule has 17 heavy (non-hydrogen) atoms. The van der Waals surface area contributed by atoms with Crippen molar-refractivity contribution in [3.63, 3.8) is 0 Å². The first-order valence-corrected chi connectivity index (χ1v) is 5.35. The van der Waals surface area contributed by atoms with E-state index in [1.807, 2.05) is 36.0 Å². The van der Waals surface area contributed by atoms with E-state index in [9.17, 15) is 4.79 Å². The largest absolute Gasteiger partial charge is 0.336 e. The number of nitrogens with zero attached hydrogens (tertiary/aromatic N) is 2. The molecule has 0 unspecified atom stereocenters. The Morgan fingerprint density at radius 3 is 2.94 bits per heavy atom. The summed E-state index contributed by atoms with van der Waals surface area (Å²) in [7, 11) is 1.95. The molecule has 0 aromatic carbocycles. The number of hydrogen-bond acceptors (Lipinski definition) is 2. The van der Waals surface area contributed by atoms with Crippen molar-refractivity contribution < 1.29 is 0 Å². The Morgan fingerprint density at radius 1 is 1.24 bits per heavy atom. The Kier molecular flexibility index (Phi) is 2.08. The summed E-state index contributed by atoms with van der Waals surface area (Å²) in [5.74, 6) is 0. The smallest absolute Gasteiger partial charge is 0.248 e. The van der Waals surface area contributed by atoms with Crippen molar-refractivity contribution in [2.75, 3.05) is 0 Å². The molecular formula is C13H11N3O. The maximum absolute atomic E-state index is 11.3. The number of pyridine rings is 2.